The predicted octanol–water partition coefficient (Wildman–Crippen LogP) is 2.42. The number of sulfonamides is 1. The molecule has 0 saturated carbocycles. The molecule has 0 aromatic heterocycles. The Morgan fingerprint density at radius 3 is 2.52 bits per heavy atom. The molecule has 0 radical (unpaired) electrons. The van der Waals surface area contributed by atoms with E-state index in [-0.39, 0.29) is 18.9 Å². The standard InChI is InChI=1S/C17H26N2O3S/c1-17(2,3)19(23(4,21)22)13-11-16(20)18-12-7-9-14-8-5-6-10-15(14)18/h5-6,8,10H,7,9,11-13H2,1-4H3. The van der Waals surface area contributed by atoms with Gasteiger partial charge in [0.05, 0.1) is 6.26 Å². The van der Waals surface area contributed by atoms with Crippen LogP contribution in [0.2, 0.25) is 0 Å². The van der Waals surface area contributed by atoms with E-state index in [2.05, 4.69) is 0 Å². The number of carbonyl (C=O) groups is 1. The molecule has 0 N–H and O–H groups in total. The minimum Gasteiger partial charge on any atom is -0.312 e. The predicted molar refractivity (Wildman–Crippen MR) is 93.0 cm³/mol. The molecular formula is C17H26N2O3S. The van der Waals surface area contributed by atoms with Gasteiger partial charge in [-0.3, -0.25) is 4.79 Å². The molecule has 1 aliphatic heterocycles. The van der Waals surface area contributed by atoms with Gasteiger partial charge in [-0.2, -0.15) is 4.31 Å². The van der Waals surface area contributed by atoms with Gasteiger partial charge in [-0.05, 0) is 45.2 Å². The summed E-state index contributed by atoms with van der Waals surface area (Å²) in [6.45, 7) is 6.43. The largest absolute Gasteiger partial charge is 0.312 e. The van der Waals surface area contributed by atoms with Crippen molar-refractivity contribution >= 4 is 21.6 Å². The minimum atomic E-state index is -3.35. The van der Waals surface area contributed by atoms with E-state index in [0.29, 0.717) is 6.54 Å². The normalized spacial score (nSPS) is 15.6. The zero-order valence-corrected chi connectivity index (χ0v) is 15.2. The van der Waals surface area contributed by atoms with E-state index < -0.39 is 15.6 Å². The molecule has 0 unspecified atom stereocenters. The van der Waals surface area contributed by atoms with Gasteiger partial charge in [-0.25, -0.2) is 8.42 Å². The maximum Gasteiger partial charge on any atom is 0.228 e. The molecule has 2 rings (SSSR count). The van der Waals surface area contributed by atoms with E-state index in [4.69, 9.17) is 0 Å². The maximum absolute atomic E-state index is 12.6. The number of hydrogen-bond acceptors (Lipinski definition) is 3. The summed E-state index contributed by atoms with van der Waals surface area (Å²) in [7, 11) is -3.35. The number of benzene rings is 1. The Morgan fingerprint density at radius 2 is 1.91 bits per heavy atom. The van der Waals surface area contributed by atoms with Crippen molar-refractivity contribution in [3.05, 3.63) is 29.8 Å². The summed E-state index contributed by atoms with van der Waals surface area (Å²) in [4.78, 5) is 14.4. The third kappa shape index (κ3) is 4.32. The van der Waals surface area contributed by atoms with E-state index in [0.717, 1.165) is 18.5 Å². The highest BCUT2D eigenvalue weighted by Gasteiger charge is 2.31. The number of nitrogens with zero attached hydrogens (tertiary/aromatic N) is 2. The van der Waals surface area contributed by atoms with Crippen molar-refractivity contribution in [3.8, 4) is 0 Å². The minimum absolute atomic E-state index is 0.0185. The Morgan fingerprint density at radius 1 is 1.26 bits per heavy atom. The molecule has 128 valence electrons. The topological polar surface area (TPSA) is 57.7 Å². The molecule has 6 heteroatoms. The second-order valence-electron chi connectivity index (χ2n) is 7.03. The lowest BCUT2D eigenvalue weighted by atomic mass is 10.0. The summed E-state index contributed by atoms with van der Waals surface area (Å²) in [5, 5.41) is 0. The Kier molecular flexibility index (Phi) is 5.16. The molecule has 0 aliphatic carbocycles. The Balaban J connectivity index is 2.11. The van der Waals surface area contributed by atoms with Crippen LogP contribution in [-0.2, 0) is 21.2 Å². The molecule has 1 amide bonds. The highest BCUT2D eigenvalue weighted by atomic mass is 32.2. The lowest BCUT2D eigenvalue weighted by molar-refractivity contribution is -0.118. The Bertz CT molecular complexity index is 677. The van der Waals surface area contributed by atoms with Crippen molar-refractivity contribution in [2.75, 3.05) is 24.2 Å². The van der Waals surface area contributed by atoms with Crippen molar-refractivity contribution in [1.29, 1.82) is 0 Å². The van der Waals surface area contributed by atoms with Gasteiger partial charge < -0.3 is 4.90 Å². The SMILES string of the molecule is CC(C)(C)N(CCC(=O)N1CCCc2ccccc21)S(C)(=O)=O. The molecule has 5 nitrogen and oxygen atoms in total. The number of para-hydroxylation sites is 1. The first-order valence-corrected chi connectivity index (χ1v) is 9.81. The zero-order chi connectivity index (χ0) is 17.3. The number of rotatable bonds is 4. The Labute approximate surface area is 139 Å². The summed E-state index contributed by atoms with van der Waals surface area (Å²) >= 11 is 0. The van der Waals surface area contributed by atoms with Crippen LogP contribution in [0, 0.1) is 0 Å². The van der Waals surface area contributed by atoms with Gasteiger partial charge in [-0.1, -0.05) is 18.2 Å². The van der Waals surface area contributed by atoms with Crippen LogP contribution < -0.4 is 4.90 Å². The summed E-state index contributed by atoms with van der Waals surface area (Å²) < 4.78 is 25.3. The average Bonchev–Trinajstić information content (AvgIpc) is 2.43. The second kappa shape index (κ2) is 6.61. The summed E-state index contributed by atoms with van der Waals surface area (Å²) in [6.07, 6.45) is 3.31. The quantitative estimate of drug-likeness (QED) is 0.847. The van der Waals surface area contributed by atoms with Gasteiger partial charge in [0.2, 0.25) is 15.9 Å². The summed E-state index contributed by atoms with van der Waals surface area (Å²) in [5.74, 6) is -0.0185. The zero-order valence-electron chi connectivity index (χ0n) is 14.4. The average molecular weight is 338 g/mol. The van der Waals surface area contributed by atoms with Crippen LogP contribution in [0.3, 0.4) is 0 Å². The van der Waals surface area contributed by atoms with Gasteiger partial charge in [0.1, 0.15) is 0 Å². The smallest absolute Gasteiger partial charge is 0.228 e. The molecule has 1 aromatic carbocycles. The van der Waals surface area contributed by atoms with E-state index >= 15 is 0 Å². The summed E-state index contributed by atoms with van der Waals surface area (Å²) in [6, 6.07) is 7.93. The molecule has 1 aromatic rings. The fraction of sp³-hybridized carbons (Fsp3) is 0.588. The number of amides is 1. The molecule has 0 atom stereocenters. The second-order valence-corrected chi connectivity index (χ2v) is 8.94. The van der Waals surface area contributed by atoms with Crippen molar-refractivity contribution in [2.45, 2.75) is 45.6 Å². The fourth-order valence-electron chi connectivity index (χ4n) is 3.12. The third-order valence-corrected chi connectivity index (χ3v) is 5.62. The first kappa shape index (κ1) is 17.9. The number of carbonyl (C=O) groups excluding carboxylic acids is 1. The molecule has 1 aliphatic rings. The van der Waals surface area contributed by atoms with E-state index in [1.165, 1.54) is 16.1 Å². The molecule has 0 spiro atoms. The van der Waals surface area contributed by atoms with Crippen LogP contribution in [0.4, 0.5) is 5.69 Å². The van der Waals surface area contributed by atoms with Crippen LogP contribution in [-0.4, -0.2) is 43.5 Å². The third-order valence-electron chi connectivity index (χ3n) is 4.09. The van der Waals surface area contributed by atoms with Crippen LogP contribution >= 0.6 is 0 Å². The van der Waals surface area contributed by atoms with Gasteiger partial charge in [0.15, 0.2) is 0 Å². The molecule has 23 heavy (non-hydrogen) atoms. The van der Waals surface area contributed by atoms with Crippen molar-refractivity contribution in [3.63, 3.8) is 0 Å². The van der Waals surface area contributed by atoms with Crippen LogP contribution in [0.1, 0.15) is 39.2 Å². The number of fused-ring (bicyclic) bond motifs is 1. The molecule has 0 bridgehead atoms. The molecule has 0 fully saturated rings. The van der Waals surface area contributed by atoms with Gasteiger partial charge >= 0.3 is 0 Å². The Hall–Kier alpha value is -1.40. The van der Waals surface area contributed by atoms with Gasteiger partial charge in [0.25, 0.3) is 0 Å². The lowest BCUT2D eigenvalue weighted by Gasteiger charge is -2.34. The van der Waals surface area contributed by atoms with Crippen LogP contribution in [0.25, 0.3) is 0 Å². The highest BCUT2D eigenvalue weighted by molar-refractivity contribution is 7.88. The number of hydrogen-bond donors (Lipinski definition) is 0. The molecule has 0 saturated heterocycles. The fourth-order valence-corrected chi connectivity index (χ4v) is 4.54. The van der Waals surface area contributed by atoms with E-state index in [9.17, 15) is 13.2 Å². The van der Waals surface area contributed by atoms with Crippen LogP contribution in [0.5, 0.6) is 0 Å². The number of anilines is 1. The van der Waals surface area contributed by atoms with Gasteiger partial charge in [0, 0.05) is 30.7 Å². The van der Waals surface area contributed by atoms with Crippen molar-refractivity contribution < 1.29 is 13.2 Å². The monoisotopic (exact) mass is 338 g/mol. The van der Waals surface area contributed by atoms with Crippen molar-refractivity contribution in [2.24, 2.45) is 0 Å². The lowest BCUT2D eigenvalue weighted by Crippen LogP contribution is -2.47. The number of aryl methyl sites for hydroxylation is 1. The van der Waals surface area contributed by atoms with Crippen molar-refractivity contribution in [1.82, 2.24) is 4.31 Å². The summed E-state index contributed by atoms with van der Waals surface area (Å²) in [5.41, 5.74) is 1.61. The van der Waals surface area contributed by atoms with E-state index in [1.807, 2.05) is 45.0 Å². The maximum atomic E-state index is 12.6. The molecule has 1 heterocycles. The molecular weight excluding hydrogens is 312 g/mol. The first-order chi connectivity index (χ1) is 10.6. The van der Waals surface area contributed by atoms with E-state index in [1.54, 1.807) is 4.90 Å². The highest BCUT2D eigenvalue weighted by Crippen LogP contribution is 2.27. The van der Waals surface area contributed by atoms with Crippen LogP contribution in [0.15, 0.2) is 24.3 Å². The first-order valence-electron chi connectivity index (χ1n) is 7.97. The van der Waals surface area contributed by atoms with Gasteiger partial charge in [-0.15, -0.1) is 0 Å².